The molecule has 0 saturated heterocycles. The highest BCUT2D eigenvalue weighted by Crippen LogP contribution is 2.23. The number of nitrogens with zero attached hydrogens (tertiary/aromatic N) is 2. The van der Waals surface area contributed by atoms with E-state index < -0.39 is 16.1 Å². The Bertz CT molecular complexity index is 1190. The van der Waals surface area contributed by atoms with Crippen molar-refractivity contribution >= 4 is 27.5 Å². The molecule has 0 radical (unpaired) electrons. The van der Waals surface area contributed by atoms with Crippen LogP contribution in [0.15, 0.2) is 48.5 Å². The van der Waals surface area contributed by atoms with Gasteiger partial charge in [0.15, 0.2) is 0 Å². The average molecular weight is 558 g/mol. The maximum absolute atomic E-state index is 13.6. The SMILES string of the molecule is CC[C@H](C(=O)NC1CCCCC1)N(Cc1cccc(C)c1)C(=O)CCCN(c1ccc(OC)cc1)S(C)(=O)=O. The summed E-state index contributed by atoms with van der Waals surface area (Å²) in [5, 5.41) is 3.20. The van der Waals surface area contributed by atoms with Crippen molar-refractivity contribution in [2.75, 3.05) is 24.2 Å². The van der Waals surface area contributed by atoms with Crippen LogP contribution in [-0.2, 0) is 26.2 Å². The lowest BCUT2D eigenvalue weighted by Crippen LogP contribution is -2.51. The van der Waals surface area contributed by atoms with Crippen molar-refractivity contribution in [2.45, 2.75) is 83.8 Å². The molecule has 0 spiro atoms. The van der Waals surface area contributed by atoms with Crippen LogP contribution in [0.3, 0.4) is 0 Å². The summed E-state index contributed by atoms with van der Waals surface area (Å²) in [6.45, 7) is 4.41. The molecule has 1 atom stereocenters. The number of aryl methyl sites for hydroxylation is 1. The molecule has 0 aliphatic heterocycles. The van der Waals surface area contributed by atoms with Crippen molar-refractivity contribution in [3.63, 3.8) is 0 Å². The van der Waals surface area contributed by atoms with Gasteiger partial charge in [0, 0.05) is 25.6 Å². The average Bonchev–Trinajstić information content (AvgIpc) is 2.91. The van der Waals surface area contributed by atoms with Crippen molar-refractivity contribution < 1.29 is 22.7 Å². The molecule has 0 bridgehead atoms. The number of sulfonamides is 1. The Morgan fingerprint density at radius 2 is 1.77 bits per heavy atom. The maximum Gasteiger partial charge on any atom is 0.243 e. The Morgan fingerprint density at radius 1 is 1.08 bits per heavy atom. The molecule has 0 heterocycles. The molecule has 2 amide bonds. The Balaban J connectivity index is 1.75. The Kier molecular flexibility index (Phi) is 11.2. The molecular formula is C30H43N3O5S. The van der Waals surface area contributed by atoms with E-state index in [9.17, 15) is 18.0 Å². The summed E-state index contributed by atoms with van der Waals surface area (Å²) >= 11 is 0. The van der Waals surface area contributed by atoms with E-state index in [0.29, 0.717) is 30.8 Å². The smallest absolute Gasteiger partial charge is 0.243 e. The van der Waals surface area contributed by atoms with Gasteiger partial charge in [0.05, 0.1) is 19.1 Å². The first-order valence-electron chi connectivity index (χ1n) is 13.9. The number of hydrogen-bond donors (Lipinski definition) is 1. The molecule has 8 nitrogen and oxygen atoms in total. The van der Waals surface area contributed by atoms with Crippen LogP contribution in [0.4, 0.5) is 5.69 Å². The lowest BCUT2D eigenvalue weighted by atomic mass is 9.95. The Morgan fingerprint density at radius 3 is 2.36 bits per heavy atom. The highest BCUT2D eigenvalue weighted by Gasteiger charge is 2.30. The number of ether oxygens (including phenoxy) is 1. The van der Waals surface area contributed by atoms with Gasteiger partial charge in [-0.05, 0) is 62.4 Å². The van der Waals surface area contributed by atoms with Crippen LogP contribution in [0.1, 0.15) is 69.4 Å². The van der Waals surface area contributed by atoms with E-state index >= 15 is 0 Å². The molecule has 1 saturated carbocycles. The molecule has 1 aliphatic rings. The molecule has 39 heavy (non-hydrogen) atoms. The molecule has 9 heteroatoms. The molecule has 0 aromatic heterocycles. The van der Waals surface area contributed by atoms with Gasteiger partial charge in [0.25, 0.3) is 0 Å². The predicted molar refractivity (Wildman–Crippen MR) is 155 cm³/mol. The number of rotatable bonds is 13. The molecule has 2 aromatic rings. The zero-order chi connectivity index (χ0) is 28.4. The van der Waals surface area contributed by atoms with Gasteiger partial charge in [-0.3, -0.25) is 13.9 Å². The van der Waals surface area contributed by atoms with Crippen LogP contribution in [0.25, 0.3) is 0 Å². The van der Waals surface area contributed by atoms with Crippen molar-refractivity contribution in [3.05, 3.63) is 59.7 Å². The van der Waals surface area contributed by atoms with Gasteiger partial charge < -0.3 is 15.0 Å². The van der Waals surface area contributed by atoms with Gasteiger partial charge in [0.2, 0.25) is 21.8 Å². The minimum Gasteiger partial charge on any atom is -0.497 e. The third-order valence-electron chi connectivity index (χ3n) is 7.29. The van der Waals surface area contributed by atoms with Crippen LogP contribution < -0.4 is 14.4 Å². The number of benzene rings is 2. The second-order valence-corrected chi connectivity index (χ2v) is 12.3. The summed E-state index contributed by atoms with van der Waals surface area (Å²) in [7, 11) is -2.00. The van der Waals surface area contributed by atoms with Crippen LogP contribution >= 0.6 is 0 Å². The number of nitrogens with one attached hydrogen (secondary N) is 1. The number of hydrogen-bond acceptors (Lipinski definition) is 5. The summed E-state index contributed by atoms with van der Waals surface area (Å²) in [5.74, 6) is 0.359. The third-order valence-corrected chi connectivity index (χ3v) is 8.48. The van der Waals surface area contributed by atoms with Crippen molar-refractivity contribution in [3.8, 4) is 5.75 Å². The van der Waals surface area contributed by atoms with E-state index in [1.165, 1.54) is 10.7 Å². The lowest BCUT2D eigenvalue weighted by molar-refractivity contribution is -0.141. The molecular weight excluding hydrogens is 514 g/mol. The normalized spacial score (nSPS) is 14.9. The molecule has 214 valence electrons. The van der Waals surface area contributed by atoms with Crippen LogP contribution in [0.5, 0.6) is 5.75 Å². The first-order chi connectivity index (χ1) is 18.6. The summed E-state index contributed by atoms with van der Waals surface area (Å²) in [4.78, 5) is 28.7. The monoisotopic (exact) mass is 557 g/mol. The van der Waals surface area contributed by atoms with Crippen molar-refractivity contribution in [1.82, 2.24) is 10.2 Å². The van der Waals surface area contributed by atoms with E-state index in [0.717, 1.165) is 43.1 Å². The largest absolute Gasteiger partial charge is 0.497 e. The van der Waals surface area contributed by atoms with E-state index in [1.54, 1.807) is 36.3 Å². The van der Waals surface area contributed by atoms with Gasteiger partial charge in [-0.15, -0.1) is 0 Å². The highest BCUT2D eigenvalue weighted by atomic mass is 32.2. The van der Waals surface area contributed by atoms with E-state index in [-0.39, 0.29) is 30.8 Å². The summed E-state index contributed by atoms with van der Waals surface area (Å²) < 4.78 is 31.6. The van der Waals surface area contributed by atoms with Crippen LogP contribution in [0.2, 0.25) is 0 Å². The van der Waals surface area contributed by atoms with E-state index in [1.807, 2.05) is 38.1 Å². The first kappa shape index (κ1) is 30.5. The molecule has 0 unspecified atom stereocenters. The standard InChI is InChI=1S/C30H43N3O5S/c1-5-28(30(35)31-25-13-7-6-8-14-25)32(22-24-12-9-11-23(2)21-24)29(34)15-10-20-33(39(4,36)37)26-16-18-27(38-3)19-17-26/h9,11-12,16-19,21,25,28H,5-8,10,13-15,20,22H2,1-4H3,(H,31,35)/t28-/m1/s1. The second-order valence-electron chi connectivity index (χ2n) is 10.4. The van der Waals surface area contributed by atoms with E-state index in [4.69, 9.17) is 4.74 Å². The van der Waals surface area contributed by atoms with Crippen molar-refractivity contribution in [1.29, 1.82) is 0 Å². The van der Waals surface area contributed by atoms with Gasteiger partial charge in [-0.1, -0.05) is 56.0 Å². The number of methoxy groups -OCH3 is 1. The fourth-order valence-corrected chi connectivity index (χ4v) is 6.19. The van der Waals surface area contributed by atoms with Gasteiger partial charge in [-0.2, -0.15) is 0 Å². The molecule has 1 N–H and O–H groups in total. The third kappa shape index (κ3) is 8.98. The van der Waals surface area contributed by atoms with Crippen LogP contribution in [-0.4, -0.2) is 57.1 Å². The number of amides is 2. The summed E-state index contributed by atoms with van der Waals surface area (Å²) in [5.41, 5.74) is 2.56. The lowest BCUT2D eigenvalue weighted by Gasteiger charge is -2.33. The van der Waals surface area contributed by atoms with Crippen LogP contribution in [0, 0.1) is 6.92 Å². The topological polar surface area (TPSA) is 96.0 Å². The number of carbonyl (C=O) groups excluding carboxylic acids is 2. The summed E-state index contributed by atoms with van der Waals surface area (Å²) in [6.07, 6.45) is 7.47. The first-order valence-corrected chi connectivity index (χ1v) is 15.7. The second kappa shape index (κ2) is 14.4. The fraction of sp³-hybridized carbons (Fsp3) is 0.533. The quantitative estimate of drug-likeness (QED) is 0.382. The number of carbonyl (C=O) groups is 2. The molecule has 3 rings (SSSR count). The minimum absolute atomic E-state index is 0.110. The summed E-state index contributed by atoms with van der Waals surface area (Å²) in [6, 6.07) is 14.3. The van der Waals surface area contributed by atoms with Gasteiger partial charge in [0.1, 0.15) is 11.8 Å². The zero-order valence-corrected chi connectivity index (χ0v) is 24.5. The van der Waals surface area contributed by atoms with E-state index in [2.05, 4.69) is 5.32 Å². The predicted octanol–water partition coefficient (Wildman–Crippen LogP) is 4.81. The Hall–Kier alpha value is -3.07. The Labute approximate surface area is 233 Å². The minimum atomic E-state index is -3.56. The fourth-order valence-electron chi connectivity index (χ4n) is 5.22. The van der Waals surface area contributed by atoms with Gasteiger partial charge >= 0.3 is 0 Å². The highest BCUT2D eigenvalue weighted by molar-refractivity contribution is 7.92. The molecule has 1 fully saturated rings. The maximum atomic E-state index is 13.6. The molecule has 1 aliphatic carbocycles. The van der Waals surface area contributed by atoms with Gasteiger partial charge in [-0.25, -0.2) is 8.42 Å². The molecule has 2 aromatic carbocycles. The van der Waals surface area contributed by atoms with Crippen molar-refractivity contribution in [2.24, 2.45) is 0 Å². The number of anilines is 1. The zero-order valence-electron chi connectivity index (χ0n) is 23.7.